The molecule has 2 heterocycles. The summed E-state index contributed by atoms with van der Waals surface area (Å²) in [7, 11) is 3.19. The van der Waals surface area contributed by atoms with Crippen LogP contribution in [0.2, 0.25) is 5.02 Å². The molecule has 1 aromatic carbocycles. The van der Waals surface area contributed by atoms with Crippen molar-refractivity contribution in [2.24, 2.45) is 5.92 Å². The number of nitrogen functional groups attached to an aromatic ring is 1. The Bertz CT molecular complexity index is 866. The van der Waals surface area contributed by atoms with Gasteiger partial charge in [0.2, 0.25) is 0 Å². The number of thioether (sulfide) groups is 1. The van der Waals surface area contributed by atoms with E-state index >= 15 is 0 Å². The van der Waals surface area contributed by atoms with E-state index in [0.29, 0.717) is 27.9 Å². The lowest BCUT2D eigenvalue weighted by Crippen LogP contribution is -2.55. The molecule has 2 amide bonds. The Morgan fingerprint density at radius 3 is 2.60 bits per heavy atom. The third-order valence-corrected chi connectivity index (χ3v) is 8.26. The van der Waals surface area contributed by atoms with Crippen LogP contribution < -0.4 is 15.8 Å². The zero-order valence-electron chi connectivity index (χ0n) is 21.1. The van der Waals surface area contributed by atoms with Crippen LogP contribution in [0.1, 0.15) is 49.4 Å². The second-order valence-electron chi connectivity index (χ2n) is 9.37. The van der Waals surface area contributed by atoms with Gasteiger partial charge in [-0.1, -0.05) is 36.7 Å². The number of nitrogens with two attached hydrogens (primary N) is 1. The van der Waals surface area contributed by atoms with Crippen LogP contribution in [0.15, 0.2) is 12.1 Å². The molecule has 196 valence electrons. The van der Waals surface area contributed by atoms with Crippen LogP contribution >= 0.6 is 23.4 Å². The molecule has 2 atom stereocenters. The third-order valence-electron chi connectivity index (χ3n) is 6.94. The van der Waals surface area contributed by atoms with E-state index in [1.807, 2.05) is 4.90 Å². The van der Waals surface area contributed by atoms with Crippen LogP contribution in [0.25, 0.3) is 0 Å². The van der Waals surface area contributed by atoms with Crippen LogP contribution in [0, 0.1) is 5.92 Å². The Balaban J connectivity index is 1.48. The Hall–Kier alpha value is -1.68. The zero-order valence-corrected chi connectivity index (χ0v) is 22.6. The number of carbonyl (C=O) groups excluding carboxylic acids is 2. The average molecular weight is 527 g/mol. The monoisotopic (exact) mass is 526 g/mol. The molecule has 0 spiro atoms. The summed E-state index contributed by atoms with van der Waals surface area (Å²) in [6.07, 6.45) is 4.96. The topological polar surface area (TPSA) is 97.1 Å². The summed E-state index contributed by atoms with van der Waals surface area (Å²) in [5, 5.41) is 3.65. The fourth-order valence-corrected chi connectivity index (χ4v) is 5.91. The van der Waals surface area contributed by atoms with Gasteiger partial charge in [0.15, 0.2) is 0 Å². The molecule has 2 saturated heterocycles. The van der Waals surface area contributed by atoms with Crippen molar-refractivity contribution >= 4 is 40.2 Å². The highest BCUT2D eigenvalue weighted by atomic mass is 35.5. The van der Waals surface area contributed by atoms with Gasteiger partial charge in [0.05, 0.1) is 35.5 Å². The van der Waals surface area contributed by atoms with Gasteiger partial charge in [-0.05, 0) is 37.7 Å². The van der Waals surface area contributed by atoms with Crippen LogP contribution in [-0.2, 0) is 4.74 Å². The maximum atomic E-state index is 13.0. The predicted octanol–water partition coefficient (Wildman–Crippen LogP) is 4.12. The molecule has 0 aromatic heterocycles. The lowest BCUT2D eigenvalue weighted by Gasteiger charge is -2.41. The third kappa shape index (κ3) is 7.65. The van der Waals surface area contributed by atoms with Crippen molar-refractivity contribution in [1.82, 2.24) is 15.1 Å². The molecule has 0 bridgehead atoms. The summed E-state index contributed by atoms with van der Waals surface area (Å²) < 4.78 is 11.1. The van der Waals surface area contributed by atoms with Crippen LogP contribution in [0.5, 0.6) is 5.75 Å². The molecule has 1 aromatic rings. The number of hydrogen-bond acceptors (Lipinski definition) is 7. The molecule has 0 saturated carbocycles. The summed E-state index contributed by atoms with van der Waals surface area (Å²) in [4.78, 5) is 29.8. The number of nitrogens with zero attached hydrogens (tertiary/aromatic N) is 2. The van der Waals surface area contributed by atoms with Gasteiger partial charge in [-0.15, -0.1) is 0 Å². The summed E-state index contributed by atoms with van der Waals surface area (Å²) in [6.45, 7) is 6.47. The van der Waals surface area contributed by atoms with E-state index < -0.39 is 0 Å². The first-order valence-corrected chi connectivity index (χ1v) is 13.8. The van der Waals surface area contributed by atoms with Gasteiger partial charge in [0, 0.05) is 51.7 Å². The zero-order chi connectivity index (χ0) is 25.4. The highest BCUT2D eigenvalue weighted by Gasteiger charge is 2.33. The Kier molecular flexibility index (Phi) is 10.8. The van der Waals surface area contributed by atoms with Crippen molar-refractivity contribution in [3.8, 4) is 5.75 Å². The number of ether oxygens (including phenoxy) is 2. The lowest BCUT2D eigenvalue weighted by atomic mass is 9.94. The van der Waals surface area contributed by atoms with Crippen molar-refractivity contribution in [2.45, 2.75) is 51.2 Å². The number of benzene rings is 1. The largest absolute Gasteiger partial charge is 0.496 e. The number of halogens is 1. The SMILES string of the molecule is CCCCSC(=O)N1CCC(CN2CC[C@@H](NC(=O)c3cc(Cl)c(N)cc3OC)[C@@H](OC)C2)CC1. The Morgan fingerprint density at radius 1 is 1.20 bits per heavy atom. The van der Waals surface area contributed by atoms with E-state index in [4.69, 9.17) is 26.8 Å². The van der Waals surface area contributed by atoms with Gasteiger partial charge in [0.25, 0.3) is 11.1 Å². The first-order valence-electron chi connectivity index (χ1n) is 12.5. The number of piperidine rings is 2. The predicted molar refractivity (Wildman–Crippen MR) is 143 cm³/mol. The Labute approximate surface area is 218 Å². The van der Waals surface area contributed by atoms with Crippen molar-refractivity contribution in [1.29, 1.82) is 0 Å². The van der Waals surface area contributed by atoms with Gasteiger partial charge in [-0.3, -0.25) is 9.59 Å². The number of amides is 2. The maximum Gasteiger partial charge on any atom is 0.281 e. The number of nitrogens with one attached hydrogen (secondary N) is 1. The average Bonchev–Trinajstić information content (AvgIpc) is 2.86. The summed E-state index contributed by atoms with van der Waals surface area (Å²) >= 11 is 7.60. The second kappa shape index (κ2) is 13.6. The van der Waals surface area contributed by atoms with Crippen molar-refractivity contribution in [3.63, 3.8) is 0 Å². The molecule has 10 heteroatoms. The van der Waals surface area contributed by atoms with Crippen LogP contribution in [0.4, 0.5) is 10.5 Å². The van der Waals surface area contributed by atoms with Gasteiger partial charge in [-0.2, -0.15) is 0 Å². The fourth-order valence-electron chi connectivity index (χ4n) is 4.77. The van der Waals surface area contributed by atoms with Gasteiger partial charge in [-0.25, -0.2) is 0 Å². The van der Waals surface area contributed by atoms with Gasteiger partial charge >= 0.3 is 0 Å². The van der Waals surface area contributed by atoms with Crippen molar-refractivity contribution in [2.75, 3.05) is 58.4 Å². The molecule has 0 radical (unpaired) electrons. The molecule has 2 aliphatic heterocycles. The van der Waals surface area contributed by atoms with E-state index in [0.717, 1.165) is 70.6 Å². The normalized spacial score (nSPS) is 21.7. The summed E-state index contributed by atoms with van der Waals surface area (Å²) in [5.74, 6) is 1.63. The first-order chi connectivity index (χ1) is 16.9. The van der Waals surface area contributed by atoms with Gasteiger partial charge in [0.1, 0.15) is 5.75 Å². The fraction of sp³-hybridized carbons (Fsp3) is 0.680. The molecule has 3 N–H and O–H groups in total. The molecule has 2 aliphatic rings. The van der Waals surface area contributed by atoms with E-state index in [9.17, 15) is 9.59 Å². The number of unbranched alkanes of at least 4 members (excludes halogenated alkanes) is 1. The van der Waals surface area contributed by atoms with Crippen molar-refractivity contribution < 1.29 is 19.1 Å². The van der Waals surface area contributed by atoms with Crippen molar-refractivity contribution in [3.05, 3.63) is 22.7 Å². The molecule has 35 heavy (non-hydrogen) atoms. The number of likely N-dealkylation sites (tertiary alicyclic amines) is 2. The quantitative estimate of drug-likeness (QED) is 0.369. The minimum Gasteiger partial charge on any atom is -0.496 e. The molecule has 0 aliphatic carbocycles. The van der Waals surface area contributed by atoms with E-state index in [-0.39, 0.29) is 23.3 Å². The molecular weight excluding hydrogens is 488 g/mol. The summed E-state index contributed by atoms with van der Waals surface area (Å²) in [6, 6.07) is 3.00. The maximum absolute atomic E-state index is 13.0. The smallest absolute Gasteiger partial charge is 0.281 e. The molecule has 2 fully saturated rings. The van der Waals surface area contributed by atoms with Crippen LogP contribution in [0.3, 0.4) is 0 Å². The first kappa shape index (κ1) is 27.9. The number of methoxy groups -OCH3 is 2. The second-order valence-corrected chi connectivity index (χ2v) is 10.8. The van der Waals surface area contributed by atoms with Crippen LogP contribution in [-0.4, -0.2) is 85.8 Å². The minimum atomic E-state index is -0.252. The number of rotatable bonds is 9. The number of hydrogen-bond donors (Lipinski definition) is 2. The minimum absolute atomic E-state index is 0.107. The highest BCUT2D eigenvalue weighted by molar-refractivity contribution is 8.13. The number of carbonyl (C=O) groups is 2. The number of anilines is 1. The highest BCUT2D eigenvalue weighted by Crippen LogP contribution is 2.29. The Morgan fingerprint density at radius 2 is 1.94 bits per heavy atom. The lowest BCUT2D eigenvalue weighted by molar-refractivity contribution is -0.000473. The molecule has 3 rings (SSSR count). The van der Waals surface area contributed by atoms with E-state index in [1.54, 1.807) is 19.2 Å². The van der Waals surface area contributed by atoms with E-state index in [2.05, 4.69) is 17.1 Å². The standard InChI is InChI=1S/C25H39ClN4O4S/c1-4-5-12-35-25(32)30-10-6-17(7-11-30)15-29-9-8-21(23(16-29)34-3)28-24(31)18-13-19(26)20(27)14-22(18)33-2/h13-14,17,21,23H,4-12,15-16,27H2,1-3H3,(H,28,31)/t21-,23+/m1/s1. The van der Waals surface area contributed by atoms with E-state index in [1.165, 1.54) is 18.9 Å². The molecular formula is C25H39ClN4O4S. The molecule has 0 unspecified atom stereocenters. The molecule has 8 nitrogen and oxygen atoms in total. The van der Waals surface area contributed by atoms with Gasteiger partial charge < -0.3 is 30.3 Å². The summed E-state index contributed by atoms with van der Waals surface area (Å²) in [5.41, 5.74) is 6.57.